The Bertz CT molecular complexity index is 502. The number of rotatable bonds is 6. The van der Waals surface area contributed by atoms with E-state index in [-0.39, 0.29) is 0 Å². The molecular weight excluding hydrogens is 254 g/mol. The van der Waals surface area contributed by atoms with Crippen LogP contribution in [0.2, 0.25) is 0 Å². The second kappa shape index (κ2) is 6.83. The molecule has 0 saturated carbocycles. The average Bonchev–Trinajstić information content (AvgIpc) is 2.77. The third kappa shape index (κ3) is 4.44. The fourth-order valence-electron chi connectivity index (χ4n) is 1.79. The molecule has 19 heavy (non-hydrogen) atoms. The largest absolute Gasteiger partial charge is 0.468 e. The summed E-state index contributed by atoms with van der Waals surface area (Å²) < 4.78 is 5.31. The Labute approximate surface area is 119 Å². The molecule has 0 spiro atoms. The molecule has 1 N–H and O–H groups in total. The van der Waals surface area contributed by atoms with Gasteiger partial charge in [-0.25, -0.2) is 0 Å². The molecule has 0 aliphatic rings. The van der Waals surface area contributed by atoms with E-state index in [1.807, 2.05) is 13.0 Å². The Kier molecular flexibility index (Phi) is 5.11. The van der Waals surface area contributed by atoms with Crippen molar-refractivity contribution in [3.8, 4) is 0 Å². The maximum Gasteiger partial charge on any atom is 0.114 e. The zero-order valence-electron chi connectivity index (χ0n) is 11.8. The molecule has 0 saturated heterocycles. The molecule has 2 aromatic rings. The van der Waals surface area contributed by atoms with Gasteiger partial charge in [0.15, 0.2) is 0 Å². The third-order valence-electron chi connectivity index (χ3n) is 2.84. The van der Waals surface area contributed by atoms with Gasteiger partial charge in [0.1, 0.15) is 5.76 Å². The van der Waals surface area contributed by atoms with E-state index in [2.05, 4.69) is 43.4 Å². The lowest BCUT2D eigenvalue weighted by molar-refractivity contribution is 0.527. The van der Waals surface area contributed by atoms with Crippen LogP contribution in [0.25, 0.3) is 0 Å². The summed E-state index contributed by atoms with van der Waals surface area (Å²) in [6, 6.07) is 10.7. The zero-order valence-corrected chi connectivity index (χ0v) is 12.6. The predicted octanol–water partition coefficient (Wildman–Crippen LogP) is 4.48. The molecular formula is C16H21NOS. The molecule has 0 bridgehead atoms. The van der Waals surface area contributed by atoms with Gasteiger partial charge in [0.25, 0.3) is 0 Å². The molecule has 1 heterocycles. The van der Waals surface area contributed by atoms with E-state index in [0.29, 0.717) is 5.92 Å². The molecule has 2 nitrogen and oxygen atoms in total. The SMILES string of the molecule is Cc1occc1Sc1ccc(CNCC(C)C)cc1. The van der Waals surface area contributed by atoms with Crippen LogP contribution in [0.3, 0.4) is 0 Å². The first-order valence-electron chi connectivity index (χ1n) is 6.67. The summed E-state index contributed by atoms with van der Waals surface area (Å²) in [4.78, 5) is 2.43. The quantitative estimate of drug-likeness (QED) is 0.841. The summed E-state index contributed by atoms with van der Waals surface area (Å²) >= 11 is 1.74. The molecule has 0 fully saturated rings. The van der Waals surface area contributed by atoms with Gasteiger partial charge in [0, 0.05) is 11.4 Å². The van der Waals surface area contributed by atoms with Gasteiger partial charge in [-0.3, -0.25) is 0 Å². The number of nitrogens with one attached hydrogen (secondary N) is 1. The molecule has 102 valence electrons. The van der Waals surface area contributed by atoms with Crippen molar-refractivity contribution in [2.24, 2.45) is 5.92 Å². The Morgan fingerprint density at radius 1 is 1.16 bits per heavy atom. The van der Waals surface area contributed by atoms with E-state index in [0.717, 1.165) is 18.8 Å². The highest BCUT2D eigenvalue weighted by Crippen LogP contribution is 2.30. The molecule has 2 rings (SSSR count). The zero-order chi connectivity index (χ0) is 13.7. The normalized spacial score (nSPS) is 11.2. The van der Waals surface area contributed by atoms with Crippen molar-refractivity contribution in [1.82, 2.24) is 5.32 Å². The first-order chi connectivity index (χ1) is 9.15. The van der Waals surface area contributed by atoms with Crippen molar-refractivity contribution in [3.63, 3.8) is 0 Å². The summed E-state index contributed by atoms with van der Waals surface area (Å²) in [5.41, 5.74) is 1.33. The van der Waals surface area contributed by atoms with E-state index in [1.165, 1.54) is 15.4 Å². The number of hydrogen-bond donors (Lipinski definition) is 1. The molecule has 0 amide bonds. The minimum Gasteiger partial charge on any atom is -0.468 e. The average molecular weight is 275 g/mol. The van der Waals surface area contributed by atoms with Gasteiger partial charge < -0.3 is 9.73 Å². The van der Waals surface area contributed by atoms with Crippen LogP contribution in [0.5, 0.6) is 0 Å². The molecule has 0 aliphatic carbocycles. The Morgan fingerprint density at radius 2 is 1.89 bits per heavy atom. The van der Waals surface area contributed by atoms with E-state index in [1.54, 1.807) is 18.0 Å². The van der Waals surface area contributed by atoms with Gasteiger partial charge in [0.2, 0.25) is 0 Å². The Morgan fingerprint density at radius 3 is 2.47 bits per heavy atom. The Hall–Kier alpha value is -1.19. The number of benzene rings is 1. The smallest absolute Gasteiger partial charge is 0.114 e. The maximum atomic E-state index is 5.31. The summed E-state index contributed by atoms with van der Waals surface area (Å²) in [5.74, 6) is 1.67. The van der Waals surface area contributed by atoms with Crippen molar-refractivity contribution in [3.05, 3.63) is 47.9 Å². The highest BCUT2D eigenvalue weighted by atomic mass is 32.2. The fourth-order valence-corrected chi connectivity index (χ4v) is 2.63. The van der Waals surface area contributed by atoms with E-state index < -0.39 is 0 Å². The molecule has 0 radical (unpaired) electrons. The van der Waals surface area contributed by atoms with Crippen molar-refractivity contribution in [1.29, 1.82) is 0 Å². The van der Waals surface area contributed by atoms with Crippen LogP contribution in [-0.4, -0.2) is 6.54 Å². The van der Waals surface area contributed by atoms with Gasteiger partial charge in [-0.05, 0) is 43.1 Å². The van der Waals surface area contributed by atoms with Crippen molar-refractivity contribution >= 4 is 11.8 Å². The van der Waals surface area contributed by atoms with Crippen molar-refractivity contribution in [2.75, 3.05) is 6.54 Å². The van der Waals surface area contributed by atoms with Gasteiger partial charge in [-0.1, -0.05) is 37.7 Å². The van der Waals surface area contributed by atoms with Gasteiger partial charge in [-0.15, -0.1) is 0 Å². The minimum absolute atomic E-state index is 0.693. The first-order valence-corrected chi connectivity index (χ1v) is 7.48. The van der Waals surface area contributed by atoms with Gasteiger partial charge in [-0.2, -0.15) is 0 Å². The van der Waals surface area contributed by atoms with Gasteiger partial charge >= 0.3 is 0 Å². The number of aryl methyl sites for hydroxylation is 1. The third-order valence-corrected chi connectivity index (χ3v) is 4.00. The second-order valence-corrected chi connectivity index (χ2v) is 6.23. The standard InChI is InChI=1S/C16H21NOS/c1-12(2)10-17-11-14-4-6-15(7-5-14)19-16-8-9-18-13(16)3/h4-9,12,17H,10-11H2,1-3H3. The molecule has 0 atom stereocenters. The van der Waals surface area contributed by atoms with Gasteiger partial charge in [0.05, 0.1) is 11.2 Å². The lowest BCUT2D eigenvalue weighted by atomic mass is 10.2. The summed E-state index contributed by atoms with van der Waals surface area (Å²) in [5, 5.41) is 3.45. The highest BCUT2D eigenvalue weighted by Gasteiger charge is 2.03. The van der Waals surface area contributed by atoms with Crippen LogP contribution in [0.4, 0.5) is 0 Å². The summed E-state index contributed by atoms with van der Waals surface area (Å²) in [6.45, 7) is 8.44. The van der Waals surface area contributed by atoms with Crippen LogP contribution in [-0.2, 0) is 6.54 Å². The van der Waals surface area contributed by atoms with Crippen LogP contribution in [0.15, 0.2) is 50.8 Å². The van der Waals surface area contributed by atoms with E-state index >= 15 is 0 Å². The maximum absolute atomic E-state index is 5.31. The number of hydrogen-bond acceptors (Lipinski definition) is 3. The molecule has 1 aromatic heterocycles. The van der Waals surface area contributed by atoms with E-state index in [9.17, 15) is 0 Å². The van der Waals surface area contributed by atoms with Crippen LogP contribution in [0, 0.1) is 12.8 Å². The lowest BCUT2D eigenvalue weighted by Gasteiger charge is -2.08. The van der Waals surface area contributed by atoms with Crippen molar-refractivity contribution < 1.29 is 4.42 Å². The molecule has 1 aromatic carbocycles. The summed E-state index contributed by atoms with van der Waals surface area (Å²) in [7, 11) is 0. The highest BCUT2D eigenvalue weighted by molar-refractivity contribution is 7.99. The fraction of sp³-hybridized carbons (Fsp3) is 0.375. The topological polar surface area (TPSA) is 25.2 Å². The van der Waals surface area contributed by atoms with Crippen LogP contribution in [0.1, 0.15) is 25.2 Å². The summed E-state index contributed by atoms with van der Waals surface area (Å²) in [6.07, 6.45) is 1.74. The Balaban J connectivity index is 1.89. The van der Waals surface area contributed by atoms with Crippen molar-refractivity contribution in [2.45, 2.75) is 37.1 Å². The first kappa shape index (κ1) is 14.2. The molecule has 3 heteroatoms. The molecule has 0 unspecified atom stereocenters. The van der Waals surface area contributed by atoms with Crippen LogP contribution < -0.4 is 5.32 Å². The van der Waals surface area contributed by atoms with E-state index in [4.69, 9.17) is 4.42 Å². The minimum atomic E-state index is 0.693. The molecule has 0 aliphatic heterocycles. The monoisotopic (exact) mass is 275 g/mol. The lowest BCUT2D eigenvalue weighted by Crippen LogP contribution is -2.18. The van der Waals surface area contributed by atoms with Crippen LogP contribution >= 0.6 is 11.8 Å². The second-order valence-electron chi connectivity index (χ2n) is 5.11. The number of furan rings is 1. The predicted molar refractivity (Wildman–Crippen MR) is 80.6 cm³/mol.